The quantitative estimate of drug-likeness (QED) is 0.288. The number of anilines is 1. The third-order valence-electron chi connectivity index (χ3n) is 6.22. The largest absolute Gasteiger partial charge is 0.493 e. The number of sulfonamides is 1. The van der Waals surface area contributed by atoms with Crippen LogP contribution in [0, 0.1) is 0 Å². The molecule has 0 radical (unpaired) electrons. The zero-order valence-corrected chi connectivity index (χ0v) is 22.6. The number of esters is 1. The molecule has 10 heteroatoms. The maximum Gasteiger partial charge on any atom is 0.331 e. The Morgan fingerprint density at radius 2 is 1.74 bits per heavy atom. The van der Waals surface area contributed by atoms with Gasteiger partial charge in [-0.25, -0.2) is 13.2 Å². The number of para-hydroxylation sites is 1. The Balaban J connectivity index is 1.44. The van der Waals surface area contributed by atoms with Crippen LogP contribution < -0.4 is 19.1 Å². The van der Waals surface area contributed by atoms with Gasteiger partial charge in [0.1, 0.15) is 4.90 Å². The van der Waals surface area contributed by atoms with Gasteiger partial charge in [0.2, 0.25) is 0 Å². The van der Waals surface area contributed by atoms with Crippen molar-refractivity contribution in [1.82, 2.24) is 5.32 Å². The van der Waals surface area contributed by atoms with E-state index in [-0.39, 0.29) is 16.4 Å². The van der Waals surface area contributed by atoms with Gasteiger partial charge in [-0.05, 0) is 53.8 Å². The molecule has 204 valence electrons. The number of nitrogens with zero attached hydrogens (tertiary/aromatic N) is 1. The Bertz CT molecular complexity index is 1470. The molecule has 1 amide bonds. The van der Waals surface area contributed by atoms with Crippen molar-refractivity contribution in [3.63, 3.8) is 0 Å². The van der Waals surface area contributed by atoms with Crippen molar-refractivity contribution >= 4 is 33.7 Å². The molecule has 3 aromatic carbocycles. The summed E-state index contributed by atoms with van der Waals surface area (Å²) in [7, 11) is -1.25. The summed E-state index contributed by atoms with van der Waals surface area (Å²) in [6.07, 6.45) is 3.78. The second-order valence-corrected chi connectivity index (χ2v) is 10.6. The first kappa shape index (κ1) is 27.7. The molecule has 4 rings (SSSR count). The molecule has 1 N–H and O–H groups in total. The van der Waals surface area contributed by atoms with Crippen LogP contribution in [0.25, 0.3) is 6.08 Å². The van der Waals surface area contributed by atoms with Crippen LogP contribution in [0.5, 0.6) is 11.5 Å². The summed E-state index contributed by atoms with van der Waals surface area (Å²) in [6.45, 7) is 0.283. The SMILES string of the molecule is COc1cc(/C=C/C(=O)OCC(=O)NCCc2ccccc2)cc(S(=O)(=O)N2CCc3ccccc32)c1OC. The fourth-order valence-electron chi connectivity index (χ4n) is 4.30. The van der Waals surface area contributed by atoms with Crippen LogP contribution in [0.15, 0.2) is 77.7 Å². The van der Waals surface area contributed by atoms with Crippen molar-refractivity contribution < 1.29 is 32.2 Å². The molecule has 9 nitrogen and oxygen atoms in total. The molecule has 3 aromatic rings. The van der Waals surface area contributed by atoms with Crippen molar-refractivity contribution in [2.45, 2.75) is 17.7 Å². The maximum atomic E-state index is 13.7. The van der Waals surface area contributed by atoms with E-state index in [9.17, 15) is 18.0 Å². The Hall–Kier alpha value is -4.31. The van der Waals surface area contributed by atoms with E-state index in [1.165, 1.54) is 30.7 Å². The van der Waals surface area contributed by atoms with E-state index in [1.54, 1.807) is 18.2 Å². The molecule has 1 aliphatic heterocycles. The van der Waals surface area contributed by atoms with E-state index in [2.05, 4.69) is 5.32 Å². The Labute approximate surface area is 228 Å². The molecular weight excluding hydrogens is 520 g/mol. The van der Waals surface area contributed by atoms with Crippen LogP contribution in [0.2, 0.25) is 0 Å². The van der Waals surface area contributed by atoms with Crippen LogP contribution in [0.3, 0.4) is 0 Å². The van der Waals surface area contributed by atoms with E-state index in [0.29, 0.717) is 37.2 Å². The van der Waals surface area contributed by atoms with E-state index in [1.807, 2.05) is 42.5 Å². The molecule has 0 unspecified atom stereocenters. The number of carbonyl (C=O) groups is 2. The Morgan fingerprint density at radius 1 is 1.00 bits per heavy atom. The first-order chi connectivity index (χ1) is 18.8. The fourth-order valence-corrected chi connectivity index (χ4v) is 6.01. The monoisotopic (exact) mass is 550 g/mol. The second kappa shape index (κ2) is 12.5. The summed E-state index contributed by atoms with van der Waals surface area (Å²) in [6, 6.07) is 20.0. The third-order valence-corrected chi connectivity index (χ3v) is 8.03. The van der Waals surface area contributed by atoms with E-state index in [0.717, 1.165) is 17.2 Å². The second-order valence-electron chi connectivity index (χ2n) is 8.74. The maximum absolute atomic E-state index is 13.7. The molecule has 1 heterocycles. The summed E-state index contributed by atoms with van der Waals surface area (Å²) in [5.74, 6) is -0.912. The van der Waals surface area contributed by atoms with Crippen molar-refractivity contribution in [3.05, 3.63) is 89.5 Å². The number of rotatable bonds is 11. The highest BCUT2D eigenvalue weighted by atomic mass is 32.2. The molecule has 0 atom stereocenters. The van der Waals surface area contributed by atoms with Crippen LogP contribution in [-0.2, 0) is 37.2 Å². The number of ether oxygens (including phenoxy) is 3. The fraction of sp³-hybridized carbons (Fsp3) is 0.241. The standard InChI is InChI=1S/C29H30N2O7S/c1-36-25-18-22(12-13-28(33)38-20-27(32)30-16-14-21-8-4-3-5-9-21)19-26(29(25)37-2)39(34,35)31-17-15-23-10-6-7-11-24(23)31/h3-13,18-19H,14-17,20H2,1-2H3,(H,30,32)/b13-12+. The molecule has 0 spiro atoms. The molecule has 0 fully saturated rings. The minimum Gasteiger partial charge on any atom is -0.493 e. The average molecular weight is 551 g/mol. The lowest BCUT2D eigenvalue weighted by Crippen LogP contribution is -2.30. The van der Waals surface area contributed by atoms with Gasteiger partial charge in [-0.1, -0.05) is 48.5 Å². The van der Waals surface area contributed by atoms with Gasteiger partial charge in [-0.15, -0.1) is 0 Å². The zero-order chi connectivity index (χ0) is 27.8. The van der Waals surface area contributed by atoms with Crippen LogP contribution in [0.4, 0.5) is 5.69 Å². The molecule has 0 saturated carbocycles. The van der Waals surface area contributed by atoms with Gasteiger partial charge < -0.3 is 19.5 Å². The van der Waals surface area contributed by atoms with Crippen LogP contribution in [0.1, 0.15) is 16.7 Å². The van der Waals surface area contributed by atoms with Crippen LogP contribution >= 0.6 is 0 Å². The van der Waals surface area contributed by atoms with Crippen molar-refractivity contribution in [3.8, 4) is 11.5 Å². The number of nitrogens with one attached hydrogen (secondary N) is 1. The summed E-state index contributed by atoms with van der Waals surface area (Å²) in [4.78, 5) is 24.2. The van der Waals surface area contributed by atoms with Crippen molar-refractivity contribution in [1.29, 1.82) is 0 Å². The average Bonchev–Trinajstić information content (AvgIpc) is 3.40. The molecule has 0 aromatic heterocycles. The van der Waals surface area contributed by atoms with Gasteiger partial charge in [0, 0.05) is 19.2 Å². The van der Waals surface area contributed by atoms with Crippen LogP contribution in [-0.4, -0.2) is 54.2 Å². The molecule has 0 saturated heterocycles. The van der Waals surface area contributed by atoms with Gasteiger partial charge in [-0.2, -0.15) is 0 Å². The lowest BCUT2D eigenvalue weighted by Gasteiger charge is -2.22. The lowest BCUT2D eigenvalue weighted by molar-refractivity contribution is -0.143. The number of fused-ring (bicyclic) bond motifs is 1. The lowest BCUT2D eigenvalue weighted by atomic mass is 10.1. The molecule has 39 heavy (non-hydrogen) atoms. The number of amides is 1. The highest BCUT2D eigenvalue weighted by molar-refractivity contribution is 7.93. The number of carbonyl (C=O) groups excluding carboxylic acids is 2. The predicted molar refractivity (Wildman–Crippen MR) is 147 cm³/mol. The molecule has 0 bridgehead atoms. The third kappa shape index (κ3) is 6.58. The number of hydrogen-bond acceptors (Lipinski definition) is 7. The minimum atomic E-state index is -4.01. The highest BCUT2D eigenvalue weighted by Gasteiger charge is 2.34. The normalized spacial score (nSPS) is 12.7. The molecule has 1 aliphatic rings. The Morgan fingerprint density at radius 3 is 2.49 bits per heavy atom. The zero-order valence-electron chi connectivity index (χ0n) is 21.8. The minimum absolute atomic E-state index is 0.0637. The predicted octanol–water partition coefficient (Wildman–Crippen LogP) is 3.37. The number of hydrogen-bond donors (Lipinski definition) is 1. The smallest absolute Gasteiger partial charge is 0.331 e. The molecular formula is C29H30N2O7S. The summed E-state index contributed by atoms with van der Waals surface area (Å²) in [5, 5.41) is 2.70. The number of benzene rings is 3. The first-order valence-corrected chi connectivity index (χ1v) is 13.8. The van der Waals surface area contributed by atoms with E-state index >= 15 is 0 Å². The summed E-state index contributed by atoms with van der Waals surface area (Å²) < 4.78 is 44.6. The van der Waals surface area contributed by atoms with Gasteiger partial charge in [0.15, 0.2) is 18.1 Å². The molecule has 0 aliphatic carbocycles. The van der Waals surface area contributed by atoms with Gasteiger partial charge in [0.25, 0.3) is 15.9 Å². The topological polar surface area (TPSA) is 111 Å². The summed E-state index contributed by atoms with van der Waals surface area (Å²) in [5.41, 5.74) is 3.02. The number of methoxy groups -OCH3 is 2. The van der Waals surface area contributed by atoms with Gasteiger partial charge >= 0.3 is 5.97 Å². The first-order valence-electron chi connectivity index (χ1n) is 12.4. The van der Waals surface area contributed by atoms with E-state index < -0.39 is 28.5 Å². The summed E-state index contributed by atoms with van der Waals surface area (Å²) >= 11 is 0. The van der Waals surface area contributed by atoms with Crippen molar-refractivity contribution in [2.24, 2.45) is 0 Å². The van der Waals surface area contributed by atoms with Gasteiger partial charge in [-0.3, -0.25) is 9.10 Å². The Kier molecular flexibility index (Phi) is 8.88. The van der Waals surface area contributed by atoms with Gasteiger partial charge in [0.05, 0.1) is 19.9 Å². The highest BCUT2D eigenvalue weighted by Crippen LogP contribution is 2.40. The van der Waals surface area contributed by atoms with Crippen molar-refractivity contribution in [2.75, 3.05) is 38.2 Å². The van der Waals surface area contributed by atoms with E-state index in [4.69, 9.17) is 14.2 Å².